The first-order valence-corrected chi connectivity index (χ1v) is 5.32. The van der Waals surface area contributed by atoms with Crippen LogP contribution in [0.3, 0.4) is 0 Å². The van der Waals surface area contributed by atoms with E-state index in [0.29, 0.717) is 25.3 Å². The fourth-order valence-corrected chi connectivity index (χ4v) is 1.98. The summed E-state index contributed by atoms with van der Waals surface area (Å²) >= 11 is 6.13. The van der Waals surface area contributed by atoms with Gasteiger partial charge in [0.15, 0.2) is 0 Å². The molecule has 0 radical (unpaired) electrons. The van der Waals surface area contributed by atoms with Crippen LogP contribution in [0.4, 0.5) is 0 Å². The number of allylic oxidation sites excluding steroid dienone is 3. The molecule has 1 atom stereocenters. The van der Waals surface area contributed by atoms with E-state index in [0.717, 1.165) is 12.2 Å². The molecule has 0 aromatic carbocycles. The standard InChI is InChI=1S/C10H12ClN3O/c11-10-7-15-6-5-14(10)9-3-1-8(13-12)2-4-9/h1,3-4,10H,2,5-7H2. The van der Waals surface area contributed by atoms with Gasteiger partial charge in [-0.05, 0) is 12.2 Å². The van der Waals surface area contributed by atoms with Crippen molar-refractivity contribution in [3.63, 3.8) is 0 Å². The molecule has 0 bridgehead atoms. The summed E-state index contributed by atoms with van der Waals surface area (Å²) in [5, 5.41) is 0. The highest BCUT2D eigenvalue weighted by atomic mass is 35.5. The summed E-state index contributed by atoms with van der Waals surface area (Å²) in [6.45, 7) is 2.05. The summed E-state index contributed by atoms with van der Waals surface area (Å²) in [7, 11) is 0. The van der Waals surface area contributed by atoms with Crippen LogP contribution in [0.25, 0.3) is 5.53 Å². The molecular weight excluding hydrogens is 214 g/mol. The average molecular weight is 226 g/mol. The lowest BCUT2D eigenvalue weighted by atomic mass is 10.1. The first-order chi connectivity index (χ1) is 7.31. The molecule has 1 unspecified atom stereocenters. The van der Waals surface area contributed by atoms with Crippen molar-refractivity contribution in [1.82, 2.24) is 4.90 Å². The Morgan fingerprint density at radius 1 is 1.53 bits per heavy atom. The van der Waals surface area contributed by atoms with E-state index < -0.39 is 0 Å². The quantitative estimate of drug-likeness (QED) is 0.293. The lowest BCUT2D eigenvalue weighted by Gasteiger charge is -2.34. The highest BCUT2D eigenvalue weighted by Crippen LogP contribution is 2.20. The van der Waals surface area contributed by atoms with Crippen LogP contribution in [0.2, 0.25) is 0 Å². The third-order valence-electron chi connectivity index (χ3n) is 2.50. The molecule has 0 N–H and O–H groups in total. The molecule has 0 saturated carbocycles. The fraction of sp³-hybridized carbons (Fsp3) is 0.500. The molecule has 0 spiro atoms. The molecule has 0 aromatic rings. The predicted molar refractivity (Wildman–Crippen MR) is 57.6 cm³/mol. The largest absolute Gasteiger partial charge is 0.376 e. The maximum atomic E-state index is 8.59. The summed E-state index contributed by atoms with van der Waals surface area (Å²) in [6, 6.07) is 0. The van der Waals surface area contributed by atoms with Gasteiger partial charge < -0.3 is 15.2 Å². The Hall–Kier alpha value is -1.09. The van der Waals surface area contributed by atoms with Gasteiger partial charge in [-0.2, -0.15) is 4.79 Å². The molecule has 1 heterocycles. The zero-order chi connectivity index (χ0) is 10.7. The third-order valence-corrected chi connectivity index (χ3v) is 2.86. The molecule has 4 nitrogen and oxygen atoms in total. The lowest BCUT2D eigenvalue weighted by molar-refractivity contribution is -0.00560. The van der Waals surface area contributed by atoms with Crippen molar-refractivity contribution in [3.8, 4) is 0 Å². The molecule has 2 aliphatic rings. The molecule has 2 rings (SSSR count). The smallest absolute Gasteiger partial charge is 0.295 e. The van der Waals surface area contributed by atoms with Crippen molar-refractivity contribution < 1.29 is 9.53 Å². The predicted octanol–water partition coefficient (Wildman–Crippen LogP) is 1.40. The van der Waals surface area contributed by atoms with Crippen molar-refractivity contribution >= 4 is 17.3 Å². The van der Waals surface area contributed by atoms with Gasteiger partial charge in [0, 0.05) is 18.3 Å². The van der Waals surface area contributed by atoms with Crippen LogP contribution in [0, 0.1) is 0 Å². The van der Waals surface area contributed by atoms with E-state index in [1.807, 2.05) is 12.2 Å². The monoisotopic (exact) mass is 225 g/mol. The normalized spacial score (nSPS) is 26.2. The number of hydrogen-bond acceptors (Lipinski definition) is 2. The van der Waals surface area contributed by atoms with Crippen LogP contribution < -0.4 is 0 Å². The van der Waals surface area contributed by atoms with Gasteiger partial charge in [-0.15, -0.1) is 0 Å². The van der Waals surface area contributed by atoms with Crippen LogP contribution in [-0.2, 0) is 4.74 Å². The number of nitrogens with zero attached hydrogens (tertiary/aromatic N) is 3. The second kappa shape index (κ2) is 4.62. The van der Waals surface area contributed by atoms with Gasteiger partial charge in [0.2, 0.25) is 0 Å². The Morgan fingerprint density at radius 2 is 2.40 bits per heavy atom. The van der Waals surface area contributed by atoms with Crippen molar-refractivity contribution in [1.29, 1.82) is 0 Å². The molecule has 1 aliphatic carbocycles. The Labute approximate surface area is 93.4 Å². The molecule has 5 heteroatoms. The summed E-state index contributed by atoms with van der Waals surface area (Å²) in [5.74, 6) is 0. The molecule has 15 heavy (non-hydrogen) atoms. The van der Waals surface area contributed by atoms with E-state index >= 15 is 0 Å². The van der Waals surface area contributed by atoms with Crippen molar-refractivity contribution in [2.45, 2.75) is 11.9 Å². The molecule has 1 aliphatic heterocycles. The molecule has 80 valence electrons. The van der Waals surface area contributed by atoms with Crippen LogP contribution in [0.1, 0.15) is 6.42 Å². The van der Waals surface area contributed by atoms with Crippen molar-refractivity contribution in [2.75, 3.05) is 19.8 Å². The third kappa shape index (κ3) is 2.29. The highest BCUT2D eigenvalue weighted by Gasteiger charge is 2.23. The maximum Gasteiger partial charge on any atom is 0.295 e. The van der Waals surface area contributed by atoms with Gasteiger partial charge in [-0.1, -0.05) is 11.6 Å². The van der Waals surface area contributed by atoms with Gasteiger partial charge >= 0.3 is 0 Å². The second-order valence-corrected chi connectivity index (χ2v) is 3.96. The minimum atomic E-state index is -0.109. The van der Waals surface area contributed by atoms with Gasteiger partial charge in [0.25, 0.3) is 5.71 Å². The van der Waals surface area contributed by atoms with E-state index in [2.05, 4.69) is 9.69 Å². The molecular formula is C10H12ClN3O. The SMILES string of the molecule is [N-]=[N+]=C1C=CC(N2CCOCC2Cl)=CC1. The van der Waals surface area contributed by atoms with E-state index in [1.54, 1.807) is 6.08 Å². The molecule has 1 fully saturated rings. The Balaban J connectivity index is 2.09. The summed E-state index contributed by atoms with van der Waals surface area (Å²) in [6.07, 6.45) is 6.37. The Bertz CT molecular complexity index is 358. The van der Waals surface area contributed by atoms with E-state index in [9.17, 15) is 0 Å². The lowest BCUT2D eigenvalue weighted by Crippen LogP contribution is -2.41. The minimum Gasteiger partial charge on any atom is -0.376 e. The van der Waals surface area contributed by atoms with Crippen LogP contribution in [0.5, 0.6) is 0 Å². The molecule has 0 amide bonds. The number of morpholine rings is 1. The Morgan fingerprint density at radius 3 is 3.00 bits per heavy atom. The summed E-state index contributed by atoms with van der Waals surface area (Å²) in [4.78, 5) is 5.25. The topological polar surface area (TPSA) is 48.9 Å². The fourth-order valence-electron chi connectivity index (χ4n) is 1.68. The molecule has 1 saturated heterocycles. The van der Waals surface area contributed by atoms with E-state index in [-0.39, 0.29) is 5.50 Å². The van der Waals surface area contributed by atoms with Crippen LogP contribution in [0.15, 0.2) is 23.9 Å². The Kier molecular flexibility index (Phi) is 3.21. The maximum absolute atomic E-state index is 8.59. The van der Waals surface area contributed by atoms with E-state index in [1.165, 1.54) is 0 Å². The van der Waals surface area contributed by atoms with Gasteiger partial charge in [-0.25, -0.2) is 0 Å². The van der Waals surface area contributed by atoms with Crippen molar-refractivity contribution in [2.24, 2.45) is 0 Å². The number of alkyl halides is 1. The van der Waals surface area contributed by atoms with Crippen molar-refractivity contribution in [3.05, 3.63) is 29.5 Å². The van der Waals surface area contributed by atoms with Gasteiger partial charge in [0.1, 0.15) is 5.50 Å². The van der Waals surface area contributed by atoms with Gasteiger partial charge in [-0.3, -0.25) is 0 Å². The summed E-state index contributed by atoms with van der Waals surface area (Å²) in [5.41, 5.74) is 10.2. The number of hydrogen-bond donors (Lipinski definition) is 0. The highest BCUT2D eigenvalue weighted by molar-refractivity contribution is 6.20. The van der Waals surface area contributed by atoms with Gasteiger partial charge in [0.05, 0.1) is 19.6 Å². The second-order valence-electron chi connectivity index (χ2n) is 3.46. The average Bonchev–Trinajstić information content (AvgIpc) is 2.30. The van der Waals surface area contributed by atoms with E-state index in [4.69, 9.17) is 21.9 Å². The number of halogens is 1. The number of ether oxygens (including phenoxy) is 1. The summed E-state index contributed by atoms with van der Waals surface area (Å²) < 4.78 is 5.26. The zero-order valence-electron chi connectivity index (χ0n) is 8.27. The first kappa shape index (κ1) is 10.4. The van der Waals surface area contributed by atoms with Crippen LogP contribution in [-0.4, -0.2) is 40.7 Å². The first-order valence-electron chi connectivity index (χ1n) is 4.89. The molecule has 0 aromatic heterocycles. The minimum absolute atomic E-state index is 0.109. The number of rotatable bonds is 1. The van der Waals surface area contributed by atoms with Crippen LogP contribution >= 0.6 is 11.6 Å². The zero-order valence-corrected chi connectivity index (χ0v) is 9.02.